The smallest absolute Gasteiger partial charge is 0.290 e. The Kier molecular flexibility index (Phi) is 7.18. The number of carbonyl (C=O) groups is 1. The maximum absolute atomic E-state index is 11.0. The van der Waals surface area contributed by atoms with E-state index in [1.54, 1.807) is 12.7 Å². The molecule has 7 rings (SSSR count). The molecule has 1 heterocycles. The van der Waals surface area contributed by atoms with Crippen molar-refractivity contribution >= 4 is 17.4 Å². The van der Waals surface area contributed by atoms with Crippen LogP contribution in [0, 0.1) is 35.0 Å². The normalized spacial score (nSPS) is 35.6. The Morgan fingerprint density at radius 3 is 2.45 bits per heavy atom. The maximum atomic E-state index is 11.0. The molecule has 0 saturated heterocycles. The van der Waals surface area contributed by atoms with E-state index in [-0.39, 0.29) is 40.1 Å². The lowest BCUT2D eigenvalue weighted by molar-refractivity contribution is -0.145. The SMILES string of the molecule is COc1ccc2[nH]cc(C3C=C4[C@@](C)(CC[C@@]5(C)C6C[C@@H](C)CC[C@]6(C)CC[C@]45C)c4cc(O)c(O)c(C)c43)c2c1.O=CO. The first-order valence-electron chi connectivity index (χ1n) is 16.3. The van der Waals surface area contributed by atoms with Crippen molar-refractivity contribution < 1.29 is 24.9 Å². The third kappa shape index (κ3) is 4.08. The Balaban J connectivity index is 0.00000110. The van der Waals surface area contributed by atoms with Crippen LogP contribution in [0.1, 0.15) is 108 Å². The number of aromatic amines is 1. The van der Waals surface area contributed by atoms with Crippen LogP contribution >= 0.6 is 0 Å². The van der Waals surface area contributed by atoms with Gasteiger partial charge in [-0.15, -0.1) is 0 Å². The molecule has 3 saturated carbocycles. The summed E-state index contributed by atoms with van der Waals surface area (Å²) in [5, 5.41) is 30.0. The van der Waals surface area contributed by atoms with Gasteiger partial charge in [0.05, 0.1) is 7.11 Å². The molecule has 7 atom stereocenters. The Hall–Kier alpha value is -3.41. The molecular weight excluding hydrogens is 550 g/mol. The summed E-state index contributed by atoms with van der Waals surface area (Å²) in [6.45, 7) is 14.4. The van der Waals surface area contributed by atoms with Crippen molar-refractivity contribution in [3.8, 4) is 17.2 Å². The fraction of sp³-hybridized carbons (Fsp3) is 0.553. The number of hydrogen-bond donors (Lipinski definition) is 4. The van der Waals surface area contributed by atoms with Gasteiger partial charge in [0, 0.05) is 28.4 Å². The van der Waals surface area contributed by atoms with E-state index in [1.165, 1.54) is 49.7 Å². The van der Waals surface area contributed by atoms with Crippen molar-refractivity contribution in [2.45, 2.75) is 97.8 Å². The third-order valence-electron chi connectivity index (χ3n) is 13.3. The van der Waals surface area contributed by atoms with E-state index in [0.717, 1.165) is 46.0 Å². The monoisotopic (exact) mass is 599 g/mol. The number of fused-ring (bicyclic) bond motifs is 8. The minimum atomic E-state index is -0.250. The molecule has 0 spiro atoms. The van der Waals surface area contributed by atoms with Gasteiger partial charge in [0.15, 0.2) is 11.5 Å². The van der Waals surface area contributed by atoms with Gasteiger partial charge in [-0.2, -0.15) is 0 Å². The molecule has 44 heavy (non-hydrogen) atoms. The number of methoxy groups -OCH3 is 1. The van der Waals surface area contributed by atoms with E-state index >= 15 is 0 Å². The summed E-state index contributed by atoms with van der Waals surface area (Å²) in [6.07, 6.45) is 13.5. The van der Waals surface area contributed by atoms with E-state index in [2.05, 4.69) is 64.0 Å². The third-order valence-corrected chi connectivity index (χ3v) is 13.3. The van der Waals surface area contributed by atoms with Gasteiger partial charge in [-0.1, -0.05) is 52.7 Å². The second kappa shape index (κ2) is 10.3. The lowest BCUT2D eigenvalue weighted by Crippen LogP contribution is -2.61. The molecule has 6 nitrogen and oxygen atoms in total. The number of phenols is 2. The van der Waals surface area contributed by atoms with Crippen molar-refractivity contribution in [1.82, 2.24) is 4.98 Å². The molecule has 2 unspecified atom stereocenters. The van der Waals surface area contributed by atoms with Crippen LogP contribution in [0.4, 0.5) is 0 Å². The number of H-pyrrole nitrogens is 1. The van der Waals surface area contributed by atoms with Gasteiger partial charge in [0.1, 0.15) is 5.75 Å². The summed E-state index contributed by atoms with van der Waals surface area (Å²) >= 11 is 0. The molecule has 4 N–H and O–H groups in total. The number of rotatable bonds is 2. The fourth-order valence-corrected chi connectivity index (χ4v) is 10.5. The number of phenolic OH excluding ortho intramolecular Hbond substituents is 2. The highest BCUT2D eigenvalue weighted by molar-refractivity contribution is 5.86. The van der Waals surface area contributed by atoms with Crippen LogP contribution in [-0.4, -0.2) is 33.9 Å². The van der Waals surface area contributed by atoms with Gasteiger partial charge in [0.2, 0.25) is 0 Å². The highest BCUT2D eigenvalue weighted by atomic mass is 16.5. The van der Waals surface area contributed by atoms with E-state index in [4.69, 9.17) is 14.6 Å². The zero-order valence-corrected chi connectivity index (χ0v) is 27.4. The number of nitrogens with one attached hydrogen (secondary N) is 1. The first kappa shape index (κ1) is 30.6. The Bertz CT molecular complexity index is 1650. The molecule has 0 radical (unpaired) electrons. The highest BCUT2D eigenvalue weighted by Gasteiger charge is 2.65. The highest BCUT2D eigenvalue weighted by Crippen LogP contribution is 2.74. The topological polar surface area (TPSA) is 103 Å². The number of carboxylic acid groups (broad SMARTS) is 1. The number of allylic oxidation sites excluding steroid dienone is 2. The van der Waals surface area contributed by atoms with Gasteiger partial charge >= 0.3 is 0 Å². The molecule has 2 aromatic carbocycles. The molecule has 3 fully saturated rings. The molecule has 4 aliphatic carbocycles. The Morgan fingerprint density at radius 2 is 1.75 bits per heavy atom. The fourth-order valence-electron chi connectivity index (χ4n) is 10.5. The second-order valence-corrected chi connectivity index (χ2v) is 15.3. The molecule has 236 valence electrons. The zero-order valence-electron chi connectivity index (χ0n) is 27.4. The van der Waals surface area contributed by atoms with E-state index < -0.39 is 0 Å². The van der Waals surface area contributed by atoms with Crippen LogP contribution in [0.25, 0.3) is 10.9 Å². The average molecular weight is 600 g/mol. The summed E-state index contributed by atoms with van der Waals surface area (Å²) in [4.78, 5) is 11.9. The molecular formula is C38H49NO5. The van der Waals surface area contributed by atoms with E-state index in [9.17, 15) is 10.2 Å². The van der Waals surface area contributed by atoms with Crippen molar-refractivity contribution in [3.63, 3.8) is 0 Å². The largest absolute Gasteiger partial charge is 0.504 e. The second-order valence-electron chi connectivity index (χ2n) is 15.3. The number of aromatic hydroxyl groups is 2. The molecule has 4 aliphatic rings. The van der Waals surface area contributed by atoms with Gasteiger partial charge in [-0.25, -0.2) is 0 Å². The van der Waals surface area contributed by atoms with E-state index in [0.29, 0.717) is 5.41 Å². The summed E-state index contributed by atoms with van der Waals surface area (Å²) < 4.78 is 5.63. The molecule has 6 heteroatoms. The number of ether oxygens (including phenoxy) is 1. The summed E-state index contributed by atoms with van der Waals surface area (Å²) in [6, 6.07) is 8.12. The summed E-state index contributed by atoms with van der Waals surface area (Å²) in [7, 11) is 1.72. The summed E-state index contributed by atoms with van der Waals surface area (Å²) in [5.74, 6) is 2.32. The zero-order chi connectivity index (χ0) is 31.8. The lowest BCUT2D eigenvalue weighted by atomic mass is 9.35. The minimum absolute atomic E-state index is 0.00103. The number of aromatic nitrogens is 1. The minimum Gasteiger partial charge on any atom is -0.504 e. The van der Waals surface area contributed by atoms with Gasteiger partial charge in [-0.05, 0) is 120 Å². The molecule has 0 amide bonds. The first-order chi connectivity index (χ1) is 20.8. The van der Waals surface area contributed by atoms with Crippen LogP contribution < -0.4 is 4.74 Å². The van der Waals surface area contributed by atoms with Crippen LogP contribution in [0.5, 0.6) is 17.2 Å². The molecule has 0 aliphatic heterocycles. The van der Waals surface area contributed by atoms with Gasteiger partial charge < -0.3 is 25.0 Å². The number of benzene rings is 2. The molecule has 3 aromatic rings. The standard InChI is InChI=1S/C37H47NO3.CH2O2/c1-21-10-11-34(3)12-14-37(6)31-18-25(26-20-38-28-9-8-23(41-7)17-24(26)28)32-22(2)33(40)29(39)19-27(32)35(31,4)13-15-36(37,5)30(34)16-21;2-1-3/h8-9,17-21,25,30,38-40H,10-16H2,1-7H3;1H,(H,2,3)/t21-,25?,30?,34+,35-,36-,37+;/m0./s1. The van der Waals surface area contributed by atoms with Crippen LogP contribution in [-0.2, 0) is 10.2 Å². The van der Waals surface area contributed by atoms with Gasteiger partial charge in [-0.3, -0.25) is 4.79 Å². The molecule has 0 bridgehead atoms. The van der Waals surface area contributed by atoms with Crippen molar-refractivity contribution in [2.24, 2.45) is 28.1 Å². The van der Waals surface area contributed by atoms with Gasteiger partial charge in [0.25, 0.3) is 6.47 Å². The maximum Gasteiger partial charge on any atom is 0.290 e. The predicted molar refractivity (Wildman–Crippen MR) is 175 cm³/mol. The lowest BCUT2D eigenvalue weighted by Gasteiger charge is -2.69. The Labute approximate surface area is 261 Å². The van der Waals surface area contributed by atoms with Crippen LogP contribution in [0.3, 0.4) is 0 Å². The van der Waals surface area contributed by atoms with Crippen LogP contribution in [0.15, 0.2) is 42.1 Å². The predicted octanol–water partition coefficient (Wildman–Crippen LogP) is 8.97. The summed E-state index contributed by atoms with van der Waals surface area (Å²) in [5.41, 5.74) is 7.48. The van der Waals surface area contributed by atoms with E-state index in [1.807, 2.05) is 19.1 Å². The van der Waals surface area contributed by atoms with Crippen LogP contribution in [0.2, 0.25) is 0 Å². The van der Waals surface area contributed by atoms with Crippen molar-refractivity contribution in [3.05, 3.63) is 64.4 Å². The Morgan fingerprint density at radius 1 is 1.02 bits per heavy atom. The first-order valence-corrected chi connectivity index (χ1v) is 16.3. The average Bonchev–Trinajstić information content (AvgIpc) is 3.42. The quantitative estimate of drug-likeness (QED) is 0.134. The van der Waals surface area contributed by atoms with Crippen molar-refractivity contribution in [1.29, 1.82) is 0 Å². The van der Waals surface area contributed by atoms with Crippen molar-refractivity contribution in [2.75, 3.05) is 7.11 Å². The number of hydrogen-bond acceptors (Lipinski definition) is 4. The molecule has 1 aromatic heterocycles.